The number of benzene rings is 2. The standard InChI is InChI=1S/C25H26FN3O4S/c1-17-7-10-21(11-8-17)27-25(30)20-13-15-29(16-14-20)34(31,32)24-18(2)28-33-23(24)12-9-19-5-3-4-6-22(19)26/h3-12,20H,13-16H2,1-2H3,(H,27,30)/b12-9+. The molecule has 1 saturated heterocycles. The van der Waals surface area contributed by atoms with Crippen LogP contribution in [0.15, 0.2) is 57.9 Å². The Morgan fingerprint density at radius 2 is 1.76 bits per heavy atom. The van der Waals surface area contributed by atoms with Crippen LogP contribution < -0.4 is 5.32 Å². The molecule has 0 atom stereocenters. The van der Waals surface area contributed by atoms with Crippen molar-refractivity contribution in [1.29, 1.82) is 0 Å². The summed E-state index contributed by atoms with van der Waals surface area (Å²) in [6.07, 6.45) is 3.67. The normalized spacial score (nSPS) is 15.6. The Bertz CT molecular complexity index is 1310. The first-order chi connectivity index (χ1) is 16.3. The van der Waals surface area contributed by atoms with Gasteiger partial charge in [0.1, 0.15) is 11.5 Å². The van der Waals surface area contributed by atoms with Crippen molar-refractivity contribution in [2.75, 3.05) is 18.4 Å². The lowest BCUT2D eigenvalue weighted by molar-refractivity contribution is -0.120. The first-order valence-corrected chi connectivity index (χ1v) is 12.5. The van der Waals surface area contributed by atoms with E-state index < -0.39 is 15.8 Å². The summed E-state index contributed by atoms with van der Waals surface area (Å²) >= 11 is 0. The Kier molecular flexibility index (Phi) is 6.95. The summed E-state index contributed by atoms with van der Waals surface area (Å²) in [6.45, 7) is 3.93. The fraction of sp³-hybridized carbons (Fsp3) is 0.280. The molecule has 3 aromatic rings. The number of aromatic nitrogens is 1. The molecule has 2 heterocycles. The largest absolute Gasteiger partial charge is 0.355 e. The van der Waals surface area contributed by atoms with Crippen molar-refractivity contribution < 1.29 is 22.1 Å². The predicted molar refractivity (Wildman–Crippen MR) is 128 cm³/mol. The van der Waals surface area contributed by atoms with E-state index in [9.17, 15) is 17.6 Å². The van der Waals surface area contributed by atoms with Crippen LogP contribution in [0.25, 0.3) is 12.2 Å². The number of hydrogen-bond acceptors (Lipinski definition) is 5. The van der Waals surface area contributed by atoms with Gasteiger partial charge in [-0.3, -0.25) is 4.79 Å². The molecule has 178 valence electrons. The monoisotopic (exact) mass is 483 g/mol. The molecule has 7 nitrogen and oxygen atoms in total. The molecule has 1 aliphatic heterocycles. The number of sulfonamides is 1. The van der Waals surface area contributed by atoms with Gasteiger partial charge in [-0.25, -0.2) is 12.8 Å². The van der Waals surface area contributed by atoms with E-state index in [0.29, 0.717) is 18.4 Å². The summed E-state index contributed by atoms with van der Waals surface area (Å²) in [5.74, 6) is -0.780. The first-order valence-electron chi connectivity index (χ1n) is 11.0. The van der Waals surface area contributed by atoms with Gasteiger partial charge in [0.15, 0.2) is 10.7 Å². The van der Waals surface area contributed by atoms with Gasteiger partial charge in [0.25, 0.3) is 0 Å². The minimum atomic E-state index is -3.91. The quantitative estimate of drug-likeness (QED) is 0.551. The zero-order valence-corrected chi connectivity index (χ0v) is 19.8. The van der Waals surface area contributed by atoms with Gasteiger partial charge in [-0.1, -0.05) is 41.1 Å². The van der Waals surface area contributed by atoms with E-state index >= 15 is 0 Å². The van der Waals surface area contributed by atoms with Gasteiger partial charge in [0, 0.05) is 30.3 Å². The van der Waals surface area contributed by atoms with Crippen LogP contribution in [-0.4, -0.2) is 36.9 Å². The number of anilines is 1. The van der Waals surface area contributed by atoms with Crippen LogP contribution >= 0.6 is 0 Å². The maximum absolute atomic E-state index is 13.9. The summed E-state index contributed by atoms with van der Waals surface area (Å²) in [4.78, 5) is 12.6. The van der Waals surface area contributed by atoms with Crippen LogP contribution in [0.3, 0.4) is 0 Å². The molecule has 0 saturated carbocycles. The van der Waals surface area contributed by atoms with Crippen LogP contribution in [-0.2, 0) is 14.8 Å². The number of halogens is 1. The summed E-state index contributed by atoms with van der Waals surface area (Å²) in [5.41, 5.74) is 2.36. The molecule has 1 fully saturated rings. The Labute approximate surface area is 198 Å². The van der Waals surface area contributed by atoms with Crippen molar-refractivity contribution in [2.24, 2.45) is 5.92 Å². The number of piperidine rings is 1. The molecule has 0 unspecified atom stereocenters. The maximum atomic E-state index is 13.9. The minimum absolute atomic E-state index is 0.0392. The van der Waals surface area contributed by atoms with Crippen molar-refractivity contribution in [3.05, 3.63) is 76.9 Å². The van der Waals surface area contributed by atoms with E-state index in [0.717, 1.165) is 11.3 Å². The second-order valence-corrected chi connectivity index (χ2v) is 10.2. The second-order valence-electron chi connectivity index (χ2n) is 8.35. The fourth-order valence-electron chi connectivity index (χ4n) is 3.94. The van der Waals surface area contributed by atoms with Crippen LogP contribution in [0, 0.1) is 25.6 Å². The van der Waals surface area contributed by atoms with Crippen molar-refractivity contribution in [1.82, 2.24) is 9.46 Å². The lowest BCUT2D eigenvalue weighted by Crippen LogP contribution is -2.41. The van der Waals surface area contributed by atoms with Gasteiger partial charge < -0.3 is 9.84 Å². The third-order valence-corrected chi connectivity index (χ3v) is 7.95. The van der Waals surface area contributed by atoms with Gasteiger partial charge in [-0.05, 0) is 57.0 Å². The molecule has 0 aliphatic carbocycles. The van der Waals surface area contributed by atoms with E-state index in [-0.39, 0.29) is 41.3 Å². The molecule has 1 aromatic heterocycles. The van der Waals surface area contributed by atoms with Crippen LogP contribution in [0.2, 0.25) is 0 Å². The third-order valence-electron chi connectivity index (χ3n) is 5.89. The molecule has 4 rings (SSSR count). The molecule has 0 radical (unpaired) electrons. The Hall–Kier alpha value is -3.30. The molecular weight excluding hydrogens is 457 g/mol. The van der Waals surface area contributed by atoms with E-state index in [1.165, 1.54) is 22.5 Å². The molecule has 2 aromatic carbocycles. The highest BCUT2D eigenvalue weighted by Gasteiger charge is 2.36. The van der Waals surface area contributed by atoms with Crippen LogP contribution in [0.4, 0.5) is 10.1 Å². The van der Waals surface area contributed by atoms with Gasteiger partial charge in [0.2, 0.25) is 15.9 Å². The number of carbonyl (C=O) groups excluding carboxylic acids is 1. The molecule has 34 heavy (non-hydrogen) atoms. The van der Waals surface area contributed by atoms with Gasteiger partial charge in [0.05, 0.1) is 0 Å². The first kappa shape index (κ1) is 23.8. The zero-order chi connectivity index (χ0) is 24.3. The third kappa shape index (κ3) is 5.10. The highest BCUT2D eigenvalue weighted by molar-refractivity contribution is 7.89. The molecular formula is C25H26FN3O4S. The van der Waals surface area contributed by atoms with Crippen molar-refractivity contribution in [3.63, 3.8) is 0 Å². The lowest BCUT2D eigenvalue weighted by atomic mass is 9.97. The lowest BCUT2D eigenvalue weighted by Gasteiger charge is -2.30. The molecule has 1 N–H and O–H groups in total. The number of nitrogens with zero attached hydrogens (tertiary/aromatic N) is 2. The Morgan fingerprint density at radius 3 is 2.44 bits per heavy atom. The average molecular weight is 484 g/mol. The minimum Gasteiger partial charge on any atom is -0.355 e. The number of nitrogens with one attached hydrogen (secondary N) is 1. The average Bonchev–Trinajstić information content (AvgIpc) is 3.21. The van der Waals surface area contributed by atoms with E-state index in [1.54, 1.807) is 25.1 Å². The molecule has 1 amide bonds. The van der Waals surface area contributed by atoms with Crippen molar-refractivity contribution >= 4 is 33.8 Å². The van der Waals surface area contributed by atoms with E-state index in [1.807, 2.05) is 31.2 Å². The number of carbonyl (C=O) groups is 1. The predicted octanol–water partition coefficient (Wildman–Crippen LogP) is 4.64. The Morgan fingerprint density at radius 1 is 1.09 bits per heavy atom. The van der Waals surface area contributed by atoms with Crippen LogP contribution in [0.5, 0.6) is 0 Å². The fourth-order valence-corrected chi connectivity index (χ4v) is 5.66. The number of rotatable bonds is 6. The maximum Gasteiger partial charge on any atom is 0.248 e. The number of hydrogen-bond donors (Lipinski definition) is 1. The SMILES string of the molecule is Cc1ccc(NC(=O)C2CCN(S(=O)(=O)c3c(C)noc3/C=C/c3ccccc3F)CC2)cc1. The van der Waals surface area contributed by atoms with Gasteiger partial charge >= 0.3 is 0 Å². The number of aryl methyl sites for hydroxylation is 2. The summed E-state index contributed by atoms with van der Waals surface area (Å²) < 4.78 is 47.3. The zero-order valence-electron chi connectivity index (χ0n) is 19.0. The van der Waals surface area contributed by atoms with E-state index in [4.69, 9.17) is 4.52 Å². The molecule has 0 bridgehead atoms. The molecule has 0 spiro atoms. The van der Waals surface area contributed by atoms with Crippen molar-refractivity contribution in [2.45, 2.75) is 31.6 Å². The van der Waals surface area contributed by atoms with Crippen LogP contribution in [0.1, 0.15) is 35.4 Å². The molecule has 1 aliphatic rings. The highest BCUT2D eigenvalue weighted by Crippen LogP contribution is 2.29. The Balaban J connectivity index is 1.45. The second kappa shape index (κ2) is 9.90. The summed E-state index contributed by atoms with van der Waals surface area (Å²) in [7, 11) is -3.91. The smallest absolute Gasteiger partial charge is 0.248 e. The van der Waals surface area contributed by atoms with Crippen molar-refractivity contribution in [3.8, 4) is 0 Å². The summed E-state index contributed by atoms with van der Waals surface area (Å²) in [5, 5.41) is 6.72. The topological polar surface area (TPSA) is 92.5 Å². The summed E-state index contributed by atoms with van der Waals surface area (Å²) in [6, 6.07) is 13.7. The van der Waals surface area contributed by atoms with Gasteiger partial charge in [-0.2, -0.15) is 4.31 Å². The number of amides is 1. The van der Waals surface area contributed by atoms with Gasteiger partial charge in [-0.15, -0.1) is 0 Å². The van der Waals surface area contributed by atoms with E-state index in [2.05, 4.69) is 10.5 Å². The highest BCUT2D eigenvalue weighted by atomic mass is 32.2. The molecule has 9 heteroatoms.